The van der Waals surface area contributed by atoms with Gasteiger partial charge >= 0.3 is 0 Å². The molecule has 36 heavy (non-hydrogen) atoms. The lowest BCUT2D eigenvalue weighted by Gasteiger charge is -2.12. The molecule has 0 aliphatic rings. The smallest absolute Gasteiger partial charge is 0.127 e. The first-order valence-corrected chi connectivity index (χ1v) is 13.4. The topological polar surface area (TPSA) is 73.6 Å². The normalized spacial score (nSPS) is 12.0. The van der Waals surface area contributed by atoms with Crippen molar-refractivity contribution >= 4 is 32.8 Å². The number of nitrogens with zero attached hydrogens (tertiary/aromatic N) is 1. The molecule has 1 atom stereocenters. The van der Waals surface area contributed by atoms with Gasteiger partial charge in [-0.25, -0.2) is 9.37 Å². The van der Waals surface area contributed by atoms with Crippen LogP contribution in [0.1, 0.15) is 35.9 Å². The first-order valence-electron chi connectivity index (χ1n) is 11.7. The van der Waals surface area contributed by atoms with E-state index >= 15 is 0 Å². The van der Waals surface area contributed by atoms with Gasteiger partial charge in [0.2, 0.25) is 0 Å². The maximum Gasteiger partial charge on any atom is 0.127 e. The Labute approximate surface area is 213 Å². The fourth-order valence-corrected chi connectivity index (χ4v) is 5.05. The Morgan fingerprint density at radius 2 is 2.00 bits per heavy atom. The van der Waals surface area contributed by atoms with E-state index in [1.165, 1.54) is 6.07 Å². The van der Waals surface area contributed by atoms with Crippen molar-refractivity contribution in [1.29, 1.82) is 0 Å². The second-order valence-corrected chi connectivity index (χ2v) is 10.5. The molecule has 5 nitrogen and oxygen atoms in total. The van der Waals surface area contributed by atoms with E-state index in [9.17, 15) is 8.60 Å². The molecule has 0 bridgehead atoms. The van der Waals surface area contributed by atoms with Crippen LogP contribution in [-0.2, 0) is 23.0 Å². The highest BCUT2D eigenvalue weighted by molar-refractivity contribution is 7.83. The Hall–Kier alpha value is -3.71. The summed E-state index contributed by atoms with van der Waals surface area (Å²) in [5, 5.41) is 4.33. The third kappa shape index (κ3) is 5.57. The predicted octanol–water partition coefficient (Wildman–Crippen LogP) is 6.36. The Balaban J connectivity index is 1.62. The summed E-state index contributed by atoms with van der Waals surface area (Å²) in [6.45, 7) is 15.3. The van der Waals surface area contributed by atoms with Crippen LogP contribution in [0.4, 0.5) is 4.39 Å². The number of fused-ring (bicyclic) bond motifs is 1. The molecule has 3 N–H and O–H groups in total. The van der Waals surface area contributed by atoms with E-state index in [1.807, 2.05) is 37.4 Å². The quantitative estimate of drug-likeness (QED) is 0.223. The van der Waals surface area contributed by atoms with Crippen molar-refractivity contribution < 1.29 is 8.60 Å². The summed E-state index contributed by atoms with van der Waals surface area (Å²) >= 11 is 0. The molecular weight excluding hydrogens is 471 g/mol. The van der Waals surface area contributed by atoms with Gasteiger partial charge < -0.3 is 15.3 Å². The van der Waals surface area contributed by atoms with Crippen LogP contribution in [0.5, 0.6) is 0 Å². The van der Waals surface area contributed by atoms with Gasteiger partial charge in [-0.15, -0.1) is 0 Å². The van der Waals surface area contributed by atoms with Crippen LogP contribution in [0, 0.1) is 5.82 Å². The zero-order chi connectivity index (χ0) is 25.8. The number of hydrogen-bond acceptors (Lipinski definition) is 3. The minimum absolute atomic E-state index is 0.192. The molecule has 0 aliphatic carbocycles. The number of halogens is 1. The molecule has 1 unspecified atom stereocenters. The summed E-state index contributed by atoms with van der Waals surface area (Å²) in [5.74, 6) is -0.167. The Bertz CT molecular complexity index is 1470. The Morgan fingerprint density at radius 3 is 2.67 bits per heavy atom. The average molecular weight is 503 g/mol. The number of hydrogen-bond donors (Lipinski definition) is 3. The monoisotopic (exact) mass is 502 g/mol. The van der Waals surface area contributed by atoms with E-state index in [4.69, 9.17) is 0 Å². The maximum atomic E-state index is 14.9. The van der Waals surface area contributed by atoms with Crippen molar-refractivity contribution in [2.45, 2.75) is 25.5 Å². The van der Waals surface area contributed by atoms with Crippen molar-refractivity contribution in [3.8, 4) is 11.1 Å². The lowest BCUT2D eigenvalue weighted by Crippen LogP contribution is -2.16. The molecule has 7 heteroatoms. The number of aromatic nitrogens is 3. The molecule has 0 saturated heterocycles. The summed E-state index contributed by atoms with van der Waals surface area (Å²) in [4.78, 5) is 10.7. The number of H-pyrrole nitrogens is 2. The van der Waals surface area contributed by atoms with Crippen molar-refractivity contribution in [3.05, 3.63) is 103 Å². The van der Waals surface area contributed by atoms with E-state index in [-0.39, 0.29) is 11.6 Å². The van der Waals surface area contributed by atoms with Gasteiger partial charge in [-0.05, 0) is 29.7 Å². The third-order valence-corrected chi connectivity index (χ3v) is 6.81. The van der Waals surface area contributed by atoms with Gasteiger partial charge in [0, 0.05) is 81.8 Å². The minimum Gasteiger partial charge on any atom is -0.388 e. The molecular formula is C29H31FN4OS. The Morgan fingerprint density at radius 1 is 1.19 bits per heavy atom. The number of aromatic amines is 2. The first-order chi connectivity index (χ1) is 17.2. The number of imidazole rings is 1. The number of nitrogens with one attached hydrogen (secondary N) is 3. The number of allylic oxidation sites excluding steroid dienone is 2. The molecule has 2 heterocycles. The first kappa shape index (κ1) is 25.4. The summed E-state index contributed by atoms with van der Waals surface area (Å²) < 4.78 is 26.5. The van der Waals surface area contributed by atoms with Crippen LogP contribution < -0.4 is 5.32 Å². The van der Waals surface area contributed by atoms with Gasteiger partial charge in [0.15, 0.2) is 0 Å². The molecule has 0 spiro atoms. The molecule has 4 aromatic rings. The number of benzene rings is 2. The molecule has 0 saturated carbocycles. The molecule has 4 rings (SSSR count). The largest absolute Gasteiger partial charge is 0.388 e. The summed E-state index contributed by atoms with van der Waals surface area (Å²) in [5.41, 5.74) is 8.58. The molecule has 0 aliphatic heterocycles. The summed E-state index contributed by atoms with van der Waals surface area (Å²) in [6.07, 6.45) is 6.48. The third-order valence-electron chi connectivity index (χ3n) is 6.09. The van der Waals surface area contributed by atoms with Crippen molar-refractivity contribution in [1.82, 2.24) is 20.3 Å². The zero-order valence-corrected chi connectivity index (χ0v) is 21.5. The van der Waals surface area contributed by atoms with Gasteiger partial charge in [0.1, 0.15) is 5.82 Å². The van der Waals surface area contributed by atoms with Crippen molar-refractivity contribution in [3.63, 3.8) is 0 Å². The molecule has 186 valence electrons. The van der Waals surface area contributed by atoms with Crippen molar-refractivity contribution in [2.24, 2.45) is 0 Å². The second kappa shape index (κ2) is 10.9. The fourth-order valence-electron chi connectivity index (χ4n) is 4.38. The van der Waals surface area contributed by atoms with E-state index in [1.54, 1.807) is 18.6 Å². The van der Waals surface area contributed by atoms with Gasteiger partial charge in [-0.3, -0.25) is 4.21 Å². The summed E-state index contributed by atoms with van der Waals surface area (Å²) in [6, 6.07) is 11.2. The second-order valence-electron chi connectivity index (χ2n) is 9.04. The fraction of sp³-hybridized carbons (Fsp3) is 0.207. The van der Waals surface area contributed by atoms with Crippen molar-refractivity contribution in [2.75, 3.05) is 12.8 Å². The standard InChI is InChI=1S/C29H31FN4OS/c1-18(2)28-27(21-9-10-22(16-36(5)35)26(30)14-21)25-8-6-7-24(29(25)34-28)19(3)13-20(4)32-12-11-23-15-31-17-33-23/h6-10,14-15,17,32,34H,1,3-4,11-13,16H2,2,5H3,(H,31,33). The van der Waals surface area contributed by atoms with Crippen LogP contribution >= 0.6 is 0 Å². The van der Waals surface area contributed by atoms with Gasteiger partial charge in [-0.2, -0.15) is 0 Å². The number of para-hydroxylation sites is 1. The minimum atomic E-state index is -1.11. The van der Waals surface area contributed by atoms with Crippen LogP contribution in [0.15, 0.2) is 74.4 Å². The van der Waals surface area contributed by atoms with Gasteiger partial charge in [0.25, 0.3) is 0 Å². The zero-order valence-electron chi connectivity index (χ0n) is 20.7. The predicted molar refractivity (Wildman–Crippen MR) is 149 cm³/mol. The van der Waals surface area contributed by atoms with Gasteiger partial charge in [-0.1, -0.05) is 50.1 Å². The van der Waals surface area contributed by atoms with E-state index in [0.29, 0.717) is 12.0 Å². The van der Waals surface area contributed by atoms with Crippen LogP contribution in [0.3, 0.4) is 0 Å². The summed E-state index contributed by atoms with van der Waals surface area (Å²) in [7, 11) is -1.11. The molecule has 0 amide bonds. The maximum absolute atomic E-state index is 14.9. The van der Waals surface area contributed by atoms with Crippen LogP contribution in [0.25, 0.3) is 33.2 Å². The van der Waals surface area contributed by atoms with Crippen LogP contribution in [-0.4, -0.2) is 32.0 Å². The molecule has 2 aromatic heterocycles. The van der Waals surface area contributed by atoms with Crippen LogP contribution in [0.2, 0.25) is 0 Å². The highest BCUT2D eigenvalue weighted by Gasteiger charge is 2.18. The molecule has 2 aromatic carbocycles. The lowest BCUT2D eigenvalue weighted by molar-refractivity contribution is 0.616. The average Bonchev–Trinajstić information content (AvgIpc) is 3.48. The Kier molecular flexibility index (Phi) is 7.70. The van der Waals surface area contributed by atoms with E-state index < -0.39 is 10.8 Å². The van der Waals surface area contributed by atoms with E-state index in [2.05, 4.69) is 40.0 Å². The molecule has 0 radical (unpaired) electrons. The van der Waals surface area contributed by atoms with E-state index in [0.717, 1.165) is 68.8 Å². The number of rotatable bonds is 11. The van der Waals surface area contributed by atoms with Gasteiger partial charge in [0.05, 0.1) is 17.6 Å². The SMILES string of the molecule is C=C(CC(=C)c1cccc2c(-c3ccc(CS(C)=O)c(F)c3)c(C(=C)C)[nH]c12)NCCc1cnc[nH]1. The molecule has 0 fully saturated rings. The lowest BCUT2D eigenvalue weighted by atomic mass is 9.95. The highest BCUT2D eigenvalue weighted by Crippen LogP contribution is 2.39. The highest BCUT2D eigenvalue weighted by atomic mass is 32.2.